The van der Waals surface area contributed by atoms with E-state index in [-0.39, 0.29) is 63.8 Å². The van der Waals surface area contributed by atoms with Crippen LogP contribution in [0.15, 0.2) is 0 Å². The topological polar surface area (TPSA) is 102 Å². The molecule has 46 heavy (non-hydrogen) atoms. The molecule has 2 saturated heterocycles. The van der Waals surface area contributed by atoms with E-state index in [2.05, 4.69) is 34.6 Å². The van der Waals surface area contributed by atoms with E-state index in [1.54, 1.807) is 0 Å². The molecule has 0 aromatic rings. The van der Waals surface area contributed by atoms with E-state index in [0.29, 0.717) is 55.2 Å². The van der Waals surface area contributed by atoms with Crippen molar-refractivity contribution in [3.63, 3.8) is 0 Å². The van der Waals surface area contributed by atoms with Gasteiger partial charge in [-0.1, -0.05) is 34.6 Å². The van der Waals surface area contributed by atoms with Crippen LogP contribution in [-0.2, 0) is 28.8 Å². The molecule has 2 heterocycles. The highest BCUT2D eigenvalue weighted by Gasteiger charge is 2.84. The highest BCUT2D eigenvalue weighted by molar-refractivity contribution is 7.90. The van der Waals surface area contributed by atoms with Gasteiger partial charge in [0.25, 0.3) is 0 Å². The third kappa shape index (κ3) is 4.48. The third-order valence-corrected chi connectivity index (χ3v) is 17.1. The Bertz CT molecular complexity index is 1360. The number of carbonyl (C=O) groups excluding carboxylic acids is 1. The van der Waals surface area contributed by atoms with Gasteiger partial charge in [-0.25, -0.2) is 8.42 Å². The van der Waals surface area contributed by atoms with Crippen LogP contribution in [0.2, 0.25) is 0 Å². The molecule has 1 N–H and O–H groups in total. The number of morpholine rings is 1. The average molecular weight is 662 g/mol. The molecule has 0 radical (unpaired) electrons. The Hall–Kier alpha value is -0.740. The Morgan fingerprint density at radius 2 is 1.72 bits per heavy atom. The second kappa shape index (κ2) is 10.4. The molecule has 8 fully saturated rings. The van der Waals surface area contributed by atoms with Crippen LogP contribution in [0.4, 0.5) is 0 Å². The number of ether oxygens (including phenoxy) is 3. The highest BCUT2D eigenvalue weighted by atomic mass is 32.2. The zero-order valence-electron chi connectivity index (χ0n) is 29.1. The summed E-state index contributed by atoms with van der Waals surface area (Å²) < 4.78 is 44.0. The monoisotopic (exact) mass is 661 g/mol. The molecule has 6 aliphatic carbocycles. The smallest absolute Gasteiger partial charge is 0.223 e. The van der Waals surface area contributed by atoms with Crippen LogP contribution in [-0.4, -0.2) is 86.7 Å². The van der Waals surface area contributed by atoms with E-state index < -0.39 is 15.9 Å². The minimum Gasteiger partial charge on any atom is -0.390 e. The van der Waals surface area contributed by atoms with Gasteiger partial charge in [0, 0.05) is 24.6 Å². The molecule has 13 atom stereocenters. The van der Waals surface area contributed by atoms with Crippen LogP contribution in [0.3, 0.4) is 0 Å². The van der Waals surface area contributed by atoms with Crippen molar-refractivity contribution in [2.24, 2.45) is 56.7 Å². The molecule has 6 unspecified atom stereocenters. The SMILES string of the molecule is C[C@@H]1CC(CS(C)(=O)=O)OC2[C@H]1C1(C)CCC34CC35CC[C@H](O[C@H]3CN(C(=O)CC6CC6)CCO3)C(C)(C)[C@@H]5CCC4[C@]1(C)[C@H]2O. The lowest BCUT2D eigenvalue weighted by atomic mass is 9.41. The maximum Gasteiger partial charge on any atom is 0.223 e. The van der Waals surface area contributed by atoms with E-state index in [1.165, 1.54) is 38.4 Å². The summed E-state index contributed by atoms with van der Waals surface area (Å²) in [5, 5.41) is 12.3. The molecule has 8 rings (SSSR count). The van der Waals surface area contributed by atoms with Gasteiger partial charge in [0.2, 0.25) is 5.91 Å². The van der Waals surface area contributed by atoms with Gasteiger partial charge < -0.3 is 24.2 Å². The normalized spacial score (nSPS) is 52.5. The second-order valence-electron chi connectivity index (χ2n) is 18.6. The average Bonchev–Trinajstić information content (AvgIpc) is 3.89. The lowest BCUT2D eigenvalue weighted by Gasteiger charge is -2.64. The summed E-state index contributed by atoms with van der Waals surface area (Å²) in [6.07, 6.45) is 11.7. The van der Waals surface area contributed by atoms with Crippen molar-refractivity contribution in [1.29, 1.82) is 0 Å². The van der Waals surface area contributed by atoms with Gasteiger partial charge in [-0.05, 0) is 115 Å². The summed E-state index contributed by atoms with van der Waals surface area (Å²) in [6, 6.07) is 0. The lowest BCUT2D eigenvalue weighted by molar-refractivity contribution is -0.248. The molecule has 8 nitrogen and oxygen atoms in total. The summed E-state index contributed by atoms with van der Waals surface area (Å²) in [5.74, 6) is 2.47. The first kappa shape index (κ1) is 32.5. The summed E-state index contributed by atoms with van der Waals surface area (Å²) >= 11 is 0. The zero-order valence-corrected chi connectivity index (χ0v) is 29.9. The van der Waals surface area contributed by atoms with Crippen LogP contribution in [0, 0.1) is 56.7 Å². The predicted octanol–water partition coefficient (Wildman–Crippen LogP) is 5.21. The van der Waals surface area contributed by atoms with Crippen molar-refractivity contribution in [3.8, 4) is 0 Å². The molecule has 2 spiro atoms. The quantitative estimate of drug-likeness (QED) is 0.417. The summed E-state index contributed by atoms with van der Waals surface area (Å²) in [7, 11) is -3.16. The molecule has 9 heteroatoms. The van der Waals surface area contributed by atoms with E-state index in [0.717, 1.165) is 32.1 Å². The fourth-order valence-corrected chi connectivity index (χ4v) is 14.8. The van der Waals surface area contributed by atoms with Gasteiger partial charge in [0.05, 0.1) is 43.3 Å². The number of hydrogen-bond donors (Lipinski definition) is 1. The van der Waals surface area contributed by atoms with Crippen LogP contribution in [0.5, 0.6) is 0 Å². The molecular formula is C37H59NO7S. The molecule has 260 valence electrons. The van der Waals surface area contributed by atoms with Crippen LogP contribution < -0.4 is 0 Å². The molecule has 2 aliphatic heterocycles. The summed E-state index contributed by atoms with van der Waals surface area (Å²) in [5.41, 5.74) is 0.256. The molecule has 0 bridgehead atoms. The summed E-state index contributed by atoms with van der Waals surface area (Å²) in [6.45, 7) is 13.7. The Morgan fingerprint density at radius 3 is 2.43 bits per heavy atom. The first-order valence-electron chi connectivity index (χ1n) is 18.6. The molecule has 0 aromatic carbocycles. The number of aliphatic hydroxyl groups excluding tert-OH is 1. The Morgan fingerprint density at radius 1 is 1.00 bits per heavy atom. The van der Waals surface area contributed by atoms with Crippen molar-refractivity contribution in [3.05, 3.63) is 0 Å². The van der Waals surface area contributed by atoms with Gasteiger partial charge in [-0.2, -0.15) is 0 Å². The predicted molar refractivity (Wildman–Crippen MR) is 174 cm³/mol. The van der Waals surface area contributed by atoms with Gasteiger partial charge in [0.1, 0.15) is 9.84 Å². The minimum atomic E-state index is -3.16. The van der Waals surface area contributed by atoms with Crippen LogP contribution in [0.1, 0.15) is 105 Å². The first-order chi connectivity index (χ1) is 21.6. The fraction of sp³-hybridized carbons (Fsp3) is 0.973. The fourth-order valence-electron chi connectivity index (χ4n) is 13.9. The van der Waals surface area contributed by atoms with Gasteiger partial charge in [-0.15, -0.1) is 0 Å². The standard InChI is InChI=1S/C37H59NO7S/c1-22-17-24(20-46(6,41)42)44-31-30(22)34(4)13-14-37-21-36(37)12-11-27(33(2,3)25(36)9-10-26(37)35(34,5)32(31)40)45-29-19-38(15-16-43-29)28(39)18-23-7-8-23/h22-27,29-32,40H,7-21H2,1-6H3/t22-,24?,25+,26?,27+,29+,30+,31?,32+,34?,35-,36?,37?/m1/s1. The van der Waals surface area contributed by atoms with Crippen molar-refractivity contribution >= 4 is 15.7 Å². The molecule has 8 aliphatic rings. The Labute approximate surface area is 277 Å². The number of sulfone groups is 1. The molecule has 6 saturated carbocycles. The number of amides is 1. The number of nitrogens with zero attached hydrogens (tertiary/aromatic N) is 1. The summed E-state index contributed by atoms with van der Waals surface area (Å²) in [4.78, 5) is 14.8. The lowest BCUT2D eigenvalue weighted by Crippen LogP contribution is -2.60. The minimum absolute atomic E-state index is 0.00317. The van der Waals surface area contributed by atoms with Crippen molar-refractivity contribution < 1.29 is 32.5 Å². The Kier molecular flexibility index (Phi) is 7.34. The highest BCUT2D eigenvalue weighted by Crippen LogP contribution is 2.89. The largest absolute Gasteiger partial charge is 0.390 e. The van der Waals surface area contributed by atoms with Gasteiger partial charge in [0.15, 0.2) is 6.29 Å². The van der Waals surface area contributed by atoms with Gasteiger partial charge in [-0.3, -0.25) is 4.79 Å². The number of aliphatic hydroxyl groups is 1. The maximum atomic E-state index is 12.9. The maximum absolute atomic E-state index is 12.9. The van der Waals surface area contributed by atoms with E-state index in [9.17, 15) is 18.3 Å². The van der Waals surface area contributed by atoms with Crippen LogP contribution >= 0.6 is 0 Å². The third-order valence-electron chi connectivity index (χ3n) is 16.2. The second-order valence-corrected chi connectivity index (χ2v) is 20.8. The number of rotatable bonds is 6. The van der Waals surface area contributed by atoms with Crippen molar-refractivity contribution in [2.75, 3.05) is 31.7 Å². The number of hydrogen-bond acceptors (Lipinski definition) is 7. The number of fused-ring (bicyclic) bond motifs is 4. The van der Waals surface area contributed by atoms with Crippen molar-refractivity contribution in [2.45, 2.75) is 136 Å². The van der Waals surface area contributed by atoms with Gasteiger partial charge >= 0.3 is 0 Å². The van der Waals surface area contributed by atoms with E-state index in [1.807, 2.05) is 4.90 Å². The number of carbonyl (C=O) groups is 1. The first-order valence-corrected chi connectivity index (χ1v) is 20.7. The molecular weight excluding hydrogens is 602 g/mol. The van der Waals surface area contributed by atoms with E-state index >= 15 is 0 Å². The Balaban J connectivity index is 1.01. The molecule has 0 aromatic heterocycles. The zero-order chi connectivity index (χ0) is 32.7. The van der Waals surface area contributed by atoms with Crippen molar-refractivity contribution in [1.82, 2.24) is 4.90 Å². The molecule has 1 amide bonds. The van der Waals surface area contributed by atoms with Crippen LogP contribution in [0.25, 0.3) is 0 Å². The van der Waals surface area contributed by atoms with E-state index in [4.69, 9.17) is 14.2 Å².